The van der Waals surface area contributed by atoms with Crippen molar-refractivity contribution in [2.75, 3.05) is 25.0 Å². The van der Waals surface area contributed by atoms with E-state index in [9.17, 15) is 0 Å². The SMILES string of the molecule is Cc1ccsc1NCC1CCCNC1. The summed E-state index contributed by atoms with van der Waals surface area (Å²) in [4.78, 5) is 0. The molecule has 14 heavy (non-hydrogen) atoms. The molecule has 0 saturated carbocycles. The molecule has 1 aromatic heterocycles. The van der Waals surface area contributed by atoms with Gasteiger partial charge in [-0.15, -0.1) is 11.3 Å². The van der Waals surface area contributed by atoms with E-state index in [0.29, 0.717) is 0 Å². The maximum Gasteiger partial charge on any atom is 0.0912 e. The molecule has 0 amide bonds. The highest BCUT2D eigenvalue weighted by Gasteiger charge is 2.12. The van der Waals surface area contributed by atoms with Gasteiger partial charge in [-0.2, -0.15) is 0 Å². The van der Waals surface area contributed by atoms with E-state index >= 15 is 0 Å². The van der Waals surface area contributed by atoms with E-state index in [-0.39, 0.29) is 0 Å². The summed E-state index contributed by atoms with van der Waals surface area (Å²) in [5.41, 5.74) is 1.37. The number of piperidine rings is 1. The van der Waals surface area contributed by atoms with Gasteiger partial charge in [0.15, 0.2) is 0 Å². The molecule has 0 spiro atoms. The number of hydrogen-bond donors (Lipinski definition) is 2. The minimum absolute atomic E-state index is 0.810. The van der Waals surface area contributed by atoms with Crippen LogP contribution in [-0.4, -0.2) is 19.6 Å². The van der Waals surface area contributed by atoms with Gasteiger partial charge in [-0.1, -0.05) is 0 Å². The monoisotopic (exact) mass is 210 g/mol. The molecule has 1 aromatic rings. The van der Waals surface area contributed by atoms with Gasteiger partial charge in [0.2, 0.25) is 0 Å². The van der Waals surface area contributed by atoms with Crippen LogP contribution in [-0.2, 0) is 0 Å². The van der Waals surface area contributed by atoms with Gasteiger partial charge in [-0.05, 0) is 55.8 Å². The minimum atomic E-state index is 0.810. The first-order chi connectivity index (χ1) is 6.86. The van der Waals surface area contributed by atoms with Crippen LogP contribution in [0.15, 0.2) is 11.4 Å². The third kappa shape index (κ3) is 2.49. The van der Waals surface area contributed by atoms with E-state index in [0.717, 1.165) is 12.5 Å². The van der Waals surface area contributed by atoms with Crippen LogP contribution in [0, 0.1) is 12.8 Å². The fourth-order valence-electron chi connectivity index (χ4n) is 1.89. The molecule has 1 fully saturated rings. The van der Waals surface area contributed by atoms with Crippen LogP contribution in [0.2, 0.25) is 0 Å². The number of anilines is 1. The third-order valence-electron chi connectivity index (χ3n) is 2.81. The van der Waals surface area contributed by atoms with Crippen LogP contribution in [0.1, 0.15) is 18.4 Å². The summed E-state index contributed by atoms with van der Waals surface area (Å²) in [7, 11) is 0. The molecular formula is C11H18N2S. The van der Waals surface area contributed by atoms with E-state index in [1.807, 2.05) is 0 Å². The van der Waals surface area contributed by atoms with Crippen LogP contribution in [0.5, 0.6) is 0 Å². The van der Waals surface area contributed by atoms with E-state index in [2.05, 4.69) is 29.0 Å². The Kier molecular flexibility index (Phi) is 3.43. The maximum atomic E-state index is 3.54. The van der Waals surface area contributed by atoms with Crippen molar-refractivity contribution in [2.24, 2.45) is 5.92 Å². The van der Waals surface area contributed by atoms with E-state index in [4.69, 9.17) is 0 Å². The Bertz CT molecular complexity index is 277. The normalized spacial score (nSPS) is 22.2. The molecule has 3 heteroatoms. The highest BCUT2D eigenvalue weighted by atomic mass is 32.1. The number of nitrogens with one attached hydrogen (secondary N) is 2. The lowest BCUT2D eigenvalue weighted by molar-refractivity contribution is 0.393. The van der Waals surface area contributed by atoms with Crippen molar-refractivity contribution < 1.29 is 0 Å². The first-order valence-corrected chi connectivity index (χ1v) is 6.23. The zero-order valence-electron chi connectivity index (χ0n) is 8.68. The Morgan fingerprint density at radius 1 is 1.64 bits per heavy atom. The maximum absolute atomic E-state index is 3.54. The lowest BCUT2D eigenvalue weighted by Crippen LogP contribution is -2.33. The summed E-state index contributed by atoms with van der Waals surface area (Å²) in [5, 5.41) is 10.5. The lowest BCUT2D eigenvalue weighted by atomic mass is 10.00. The Labute approximate surface area is 89.7 Å². The minimum Gasteiger partial charge on any atom is -0.376 e. The summed E-state index contributed by atoms with van der Waals surface area (Å²) < 4.78 is 0. The van der Waals surface area contributed by atoms with Crippen molar-refractivity contribution in [3.05, 3.63) is 17.0 Å². The van der Waals surface area contributed by atoms with Crippen molar-refractivity contribution in [1.82, 2.24) is 5.32 Å². The number of hydrogen-bond acceptors (Lipinski definition) is 3. The second-order valence-electron chi connectivity index (χ2n) is 4.03. The average molecular weight is 210 g/mol. The smallest absolute Gasteiger partial charge is 0.0912 e. The largest absolute Gasteiger partial charge is 0.376 e. The van der Waals surface area contributed by atoms with E-state index in [1.165, 1.54) is 36.5 Å². The van der Waals surface area contributed by atoms with Gasteiger partial charge in [-0.3, -0.25) is 0 Å². The van der Waals surface area contributed by atoms with Gasteiger partial charge in [0, 0.05) is 6.54 Å². The third-order valence-corrected chi connectivity index (χ3v) is 3.79. The Balaban J connectivity index is 1.79. The second kappa shape index (κ2) is 4.80. The Morgan fingerprint density at radius 2 is 2.57 bits per heavy atom. The molecule has 2 heterocycles. The molecule has 0 radical (unpaired) electrons. The fourth-order valence-corrected chi connectivity index (χ4v) is 2.72. The molecule has 2 nitrogen and oxygen atoms in total. The Hall–Kier alpha value is -0.540. The molecule has 2 N–H and O–H groups in total. The van der Waals surface area contributed by atoms with Gasteiger partial charge in [0.05, 0.1) is 5.00 Å². The van der Waals surface area contributed by atoms with Gasteiger partial charge in [0.1, 0.15) is 0 Å². The predicted octanol–water partition coefficient (Wildman–Crippen LogP) is 2.47. The van der Waals surface area contributed by atoms with Crippen LogP contribution in [0.25, 0.3) is 0 Å². The molecule has 0 aromatic carbocycles. The van der Waals surface area contributed by atoms with Crippen LogP contribution < -0.4 is 10.6 Å². The van der Waals surface area contributed by atoms with E-state index < -0.39 is 0 Å². The zero-order valence-corrected chi connectivity index (χ0v) is 9.49. The molecule has 2 rings (SSSR count). The molecule has 1 saturated heterocycles. The summed E-state index contributed by atoms with van der Waals surface area (Å²) in [6.45, 7) is 5.66. The van der Waals surface area contributed by atoms with Gasteiger partial charge >= 0.3 is 0 Å². The predicted molar refractivity (Wildman–Crippen MR) is 63.1 cm³/mol. The van der Waals surface area contributed by atoms with E-state index in [1.54, 1.807) is 11.3 Å². The van der Waals surface area contributed by atoms with Crippen LogP contribution in [0.4, 0.5) is 5.00 Å². The number of aryl methyl sites for hydroxylation is 1. The highest BCUT2D eigenvalue weighted by molar-refractivity contribution is 7.14. The first kappa shape index (κ1) is 9.99. The van der Waals surface area contributed by atoms with Crippen molar-refractivity contribution in [3.63, 3.8) is 0 Å². The molecule has 0 bridgehead atoms. The fraction of sp³-hybridized carbons (Fsp3) is 0.636. The molecule has 1 aliphatic heterocycles. The summed E-state index contributed by atoms with van der Waals surface area (Å²) >= 11 is 1.81. The van der Waals surface area contributed by atoms with Crippen molar-refractivity contribution in [1.29, 1.82) is 0 Å². The van der Waals surface area contributed by atoms with Crippen LogP contribution in [0.3, 0.4) is 0 Å². The highest BCUT2D eigenvalue weighted by Crippen LogP contribution is 2.22. The Morgan fingerprint density at radius 3 is 3.21 bits per heavy atom. The molecule has 0 aliphatic carbocycles. The number of thiophene rings is 1. The standard InChI is InChI=1S/C11H18N2S/c1-9-4-6-14-11(9)13-8-10-3-2-5-12-7-10/h4,6,10,12-13H,2-3,5,7-8H2,1H3. The lowest BCUT2D eigenvalue weighted by Gasteiger charge is -2.23. The topological polar surface area (TPSA) is 24.1 Å². The summed E-state index contributed by atoms with van der Waals surface area (Å²) in [6, 6.07) is 2.17. The summed E-state index contributed by atoms with van der Waals surface area (Å²) in [6.07, 6.45) is 2.69. The van der Waals surface area contributed by atoms with Crippen molar-refractivity contribution in [2.45, 2.75) is 19.8 Å². The molecule has 78 valence electrons. The second-order valence-corrected chi connectivity index (χ2v) is 4.94. The van der Waals surface area contributed by atoms with Crippen molar-refractivity contribution >= 4 is 16.3 Å². The quantitative estimate of drug-likeness (QED) is 0.801. The average Bonchev–Trinajstić information content (AvgIpc) is 2.63. The van der Waals surface area contributed by atoms with Gasteiger partial charge in [-0.25, -0.2) is 0 Å². The van der Waals surface area contributed by atoms with Gasteiger partial charge in [0.25, 0.3) is 0 Å². The zero-order chi connectivity index (χ0) is 9.80. The summed E-state index contributed by atoms with van der Waals surface area (Å²) in [5.74, 6) is 0.810. The molecule has 1 atom stereocenters. The van der Waals surface area contributed by atoms with Crippen molar-refractivity contribution in [3.8, 4) is 0 Å². The molecule has 1 unspecified atom stereocenters. The van der Waals surface area contributed by atoms with Crippen LogP contribution >= 0.6 is 11.3 Å². The molecule has 1 aliphatic rings. The van der Waals surface area contributed by atoms with Gasteiger partial charge < -0.3 is 10.6 Å². The molecular weight excluding hydrogens is 192 g/mol. The first-order valence-electron chi connectivity index (χ1n) is 5.35. The number of rotatable bonds is 3.